The predicted octanol–water partition coefficient (Wildman–Crippen LogP) is 6.92. The van der Waals surface area contributed by atoms with E-state index in [1.54, 1.807) is 19.4 Å². The van der Waals surface area contributed by atoms with E-state index in [0.717, 1.165) is 49.2 Å². The number of methoxy groups -OCH3 is 1. The molecule has 3 saturated heterocycles. The zero-order valence-corrected chi connectivity index (χ0v) is 31.1. The molecule has 3 amide bonds. The Morgan fingerprint density at radius 1 is 0.943 bits per heavy atom. The van der Waals surface area contributed by atoms with E-state index in [-0.39, 0.29) is 23.4 Å². The number of benzene rings is 3. The molecule has 2 N–H and O–H groups in total. The molecule has 0 spiro atoms. The van der Waals surface area contributed by atoms with Gasteiger partial charge in [0.25, 0.3) is 5.91 Å². The Hall–Kier alpha value is -4.52. The molecule has 278 valence electrons. The Balaban J connectivity index is 1.09. The third kappa shape index (κ3) is 7.49. The normalized spacial score (nSPS) is 23.8. The van der Waals surface area contributed by atoms with Crippen LogP contribution in [0.3, 0.4) is 0 Å². The van der Waals surface area contributed by atoms with Gasteiger partial charge in [0.05, 0.1) is 34.5 Å². The first kappa shape index (κ1) is 36.8. The van der Waals surface area contributed by atoms with Gasteiger partial charge in [0.15, 0.2) is 0 Å². The third-order valence-electron chi connectivity index (χ3n) is 11.5. The fourth-order valence-electron chi connectivity index (χ4n) is 8.38. The minimum Gasteiger partial charge on any atom is -0.496 e. The SMILES string of the molecule is COc1ccc(C2C=NN=N2)cc1C(=O)N1CCC(CCN2CCC(NC(=O)N3CCCC3C(=O)O)(c3ccccc3)CC2)(c2ccc(Cl)c(Cl)c2)C1. The van der Waals surface area contributed by atoms with Gasteiger partial charge in [-0.25, -0.2) is 9.59 Å². The minimum atomic E-state index is -0.969. The van der Waals surface area contributed by atoms with Gasteiger partial charge in [-0.05, 0) is 91.2 Å². The zero-order valence-electron chi connectivity index (χ0n) is 29.6. The Morgan fingerprint density at radius 3 is 2.43 bits per heavy atom. The van der Waals surface area contributed by atoms with Gasteiger partial charge in [-0.15, -0.1) is 5.10 Å². The summed E-state index contributed by atoms with van der Waals surface area (Å²) in [5, 5.41) is 25.7. The lowest BCUT2D eigenvalue weighted by atomic mass is 9.76. The van der Waals surface area contributed by atoms with Crippen LogP contribution in [0.25, 0.3) is 0 Å². The maximum absolute atomic E-state index is 14.2. The molecule has 0 saturated carbocycles. The van der Waals surface area contributed by atoms with E-state index in [9.17, 15) is 19.5 Å². The molecule has 4 aliphatic rings. The lowest BCUT2D eigenvalue weighted by Gasteiger charge is -2.44. The van der Waals surface area contributed by atoms with E-state index in [0.29, 0.717) is 66.7 Å². The number of piperidine rings is 1. The first-order chi connectivity index (χ1) is 25.6. The molecule has 3 unspecified atom stereocenters. The van der Waals surface area contributed by atoms with Crippen LogP contribution in [0.4, 0.5) is 4.79 Å². The Labute approximate surface area is 318 Å². The monoisotopic (exact) mass is 759 g/mol. The molecule has 7 rings (SSSR count). The zero-order chi connectivity index (χ0) is 37.2. The van der Waals surface area contributed by atoms with Crippen molar-refractivity contribution in [3.63, 3.8) is 0 Å². The second-order valence-corrected chi connectivity index (χ2v) is 15.2. The van der Waals surface area contributed by atoms with E-state index in [1.165, 1.54) is 4.90 Å². The van der Waals surface area contributed by atoms with Crippen LogP contribution in [0.15, 0.2) is 82.2 Å². The molecule has 0 aliphatic carbocycles. The summed E-state index contributed by atoms with van der Waals surface area (Å²) >= 11 is 13.0. The van der Waals surface area contributed by atoms with Gasteiger partial charge in [-0.3, -0.25) is 4.79 Å². The number of nitrogens with one attached hydrogen (secondary N) is 1. The van der Waals surface area contributed by atoms with Gasteiger partial charge < -0.3 is 29.9 Å². The van der Waals surface area contributed by atoms with Crippen molar-refractivity contribution in [2.24, 2.45) is 15.4 Å². The van der Waals surface area contributed by atoms with Crippen molar-refractivity contribution in [1.82, 2.24) is 20.0 Å². The lowest BCUT2D eigenvalue weighted by Crippen LogP contribution is -2.57. The second kappa shape index (κ2) is 15.5. The smallest absolute Gasteiger partial charge is 0.326 e. The molecule has 0 radical (unpaired) electrons. The molecule has 4 aliphatic heterocycles. The van der Waals surface area contributed by atoms with E-state index in [2.05, 4.69) is 25.7 Å². The molecule has 4 heterocycles. The number of halogens is 2. The lowest BCUT2D eigenvalue weighted by molar-refractivity contribution is -0.141. The molecule has 3 aromatic carbocycles. The fourth-order valence-corrected chi connectivity index (χ4v) is 8.68. The minimum absolute atomic E-state index is 0.123. The van der Waals surface area contributed by atoms with E-state index in [4.69, 9.17) is 27.9 Å². The number of amides is 3. The average Bonchev–Trinajstić information content (AvgIpc) is 3.98. The van der Waals surface area contributed by atoms with E-state index < -0.39 is 17.6 Å². The number of rotatable bonds is 10. The van der Waals surface area contributed by atoms with Crippen molar-refractivity contribution >= 4 is 47.3 Å². The van der Waals surface area contributed by atoms with Crippen molar-refractivity contribution in [3.05, 3.63) is 99.0 Å². The first-order valence-corrected chi connectivity index (χ1v) is 18.8. The van der Waals surface area contributed by atoms with Crippen LogP contribution >= 0.6 is 23.2 Å². The topological polar surface area (TPSA) is 140 Å². The van der Waals surface area contributed by atoms with Crippen LogP contribution in [0.2, 0.25) is 10.0 Å². The highest BCUT2D eigenvalue weighted by molar-refractivity contribution is 6.42. The van der Waals surface area contributed by atoms with Gasteiger partial charge >= 0.3 is 12.0 Å². The molecule has 3 atom stereocenters. The van der Waals surface area contributed by atoms with Crippen molar-refractivity contribution in [2.45, 2.75) is 61.6 Å². The van der Waals surface area contributed by atoms with Crippen LogP contribution in [-0.2, 0) is 15.7 Å². The number of carboxylic acid groups (broad SMARTS) is 1. The Morgan fingerprint density at radius 2 is 1.74 bits per heavy atom. The van der Waals surface area contributed by atoms with Crippen LogP contribution < -0.4 is 10.1 Å². The third-order valence-corrected chi connectivity index (χ3v) is 12.2. The molecule has 14 heteroatoms. The average molecular weight is 761 g/mol. The fraction of sp³-hybridized carbons (Fsp3) is 0.436. The summed E-state index contributed by atoms with van der Waals surface area (Å²) in [6.07, 6.45) is 5.61. The summed E-state index contributed by atoms with van der Waals surface area (Å²) in [7, 11) is 1.56. The highest BCUT2D eigenvalue weighted by Gasteiger charge is 2.45. The summed E-state index contributed by atoms with van der Waals surface area (Å²) < 4.78 is 5.62. The molecule has 12 nitrogen and oxygen atoms in total. The Bertz CT molecular complexity index is 1910. The molecule has 3 fully saturated rings. The summed E-state index contributed by atoms with van der Waals surface area (Å²) in [6.45, 7) is 3.68. The maximum atomic E-state index is 14.2. The summed E-state index contributed by atoms with van der Waals surface area (Å²) in [4.78, 5) is 45.5. The van der Waals surface area contributed by atoms with Crippen LogP contribution in [0.5, 0.6) is 5.75 Å². The number of ether oxygens (including phenoxy) is 1. The molecular weight excluding hydrogens is 717 g/mol. The standard InChI is InChI=1S/C39H43Cl2N7O5/c1-53-34-12-9-26(32-24-42-45-44-32)22-29(34)35(49)47-21-14-38(25-47,28-10-11-30(40)31(41)23-28)13-18-46-19-15-39(16-20-46,27-6-3-2-4-7-27)43-37(52)48-17-5-8-33(48)36(50)51/h2-4,6-7,9-12,22-24,32-33H,5,8,13-21,25H2,1H3,(H,43,52)(H,50,51). The highest BCUT2D eigenvalue weighted by atomic mass is 35.5. The summed E-state index contributed by atoms with van der Waals surface area (Å²) in [6, 6.07) is 19.7. The van der Waals surface area contributed by atoms with E-state index in [1.807, 2.05) is 65.6 Å². The number of aliphatic carboxylic acids is 1. The Kier molecular flexibility index (Phi) is 10.7. The number of hydrogen-bond donors (Lipinski definition) is 2. The molecule has 0 aromatic heterocycles. The van der Waals surface area contributed by atoms with E-state index >= 15 is 0 Å². The molecule has 3 aromatic rings. The summed E-state index contributed by atoms with van der Waals surface area (Å²) in [5.41, 5.74) is 2.31. The van der Waals surface area contributed by atoms with Crippen LogP contribution in [0, 0.1) is 0 Å². The number of carbonyl (C=O) groups is 3. The van der Waals surface area contributed by atoms with Gasteiger partial charge in [0, 0.05) is 38.1 Å². The first-order valence-electron chi connectivity index (χ1n) is 18.1. The largest absolute Gasteiger partial charge is 0.496 e. The summed E-state index contributed by atoms with van der Waals surface area (Å²) in [5.74, 6) is -0.603. The predicted molar refractivity (Wildman–Crippen MR) is 202 cm³/mol. The number of nitrogens with zero attached hydrogens (tertiary/aromatic N) is 6. The van der Waals surface area contributed by atoms with Crippen LogP contribution in [0.1, 0.15) is 71.6 Å². The van der Waals surface area contributed by atoms with Gasteiger partial charge in [0.2, 0.25) is 0 Å². The van der Waals surface area contributed by atoms with Crippen molar-refractivity contribution < 1.29 is 24.2 Å². The van der Waals surface area contributed by atoms with Crippen molar-refractivity contribution in [1.29, 1.82) is 0 Å². The van der Waals surface area contributed by atoms with Gasteiger partial charge in [0.1, 0.15) is 17.8 Å². The molecule has 0 bridgehead atoms. The van der Waals surface area contributed by atoms with Crippen molar-refractivity contribution in [3.8, 4) is 5.75 Å². The highest BCUT2D eigenvalue weighted by Crippen LogP contribution is 2.42. The molecule has 53 heavy (non-hydrogen) atoms. The quantitative estimate of drug-likeness (QED) is 0.230. The van der Waals surface area contributed by atoms with Gasteiger partial charge in [-0.1, -0.05) is 65.7 Å². The van der Waals surface area contributed by atoms with Crippen LogP contribution in [-0.4, -0.2) is 96.3 Å². The molecular formula is C39H43Cl2N7O5. The van der Waals surface area contributed by atoms with Gasteiger partial charge in [-0.2, -0.15) is 5.11 Å². The second-order valence-electron chi connectivity index (χ2n) is 14.4. The van der Waals surface area contributed by atoms with Crippen molar-refractivity contribution in [2.75, 3.05) is 46.4 Å². The number of urea groups is 1. The maximum Gasteiger partial charge on any atom is 0.326 e. The number of carboxylic acids is 1. The number of hydrogen-bond acceptors (Lipinski definition) is 8. The number of carbonyl (C=O) groups excluding carboxylic acids is 2. The number of likely N-dealkylation sites (tertiary alicyclic amines) is 3.